The predicted octanol–water partition coefficient (Wildman–Crippen LogP) is 7.41. The van der Waals surface area contributed by atoms with Crippen LogP contribution in [-0.4, -0.2) is 39.2 Å². The molecular formula is C30H42N2O4. The highest BCUT2D eigenvalue weighted by Crippen LogP contribution is 2.25. The third-order valence-electron chi connectivity index (χ3n) is 6.08. The van der Waals surface area contributed by atoms with Crippen LogP contribution in [0, 0.1) is 0 Å². The molecule has 2 aromatic rings. The maximum Gasteiger partial charge on any atom is 0.337 e. The Balaban J connectivity index is 2.28. The zero-order chi connectivity index (χ0) is 26.2. The van der Waals surface area contributed by atoms with Crippen LogP contribution in [0.5, 0.6) is 0 Å². The number of methoxy groups -OCH3 is 2. The lowest BCUT2D eigenvalue weighted by atomic mass is 10.0. The van der Waals surface area contributed by atoms with Crippen LogP contribution in [-0.2, 0) is 9.47 Å². The molecule has 2 rings (SSSR count). The van der Waals surface area contributed by atoms with Crippen molar-refractivity contribution in [1.29, 1.82) is 0 Å². The maximum absolute atomic E-state index is 12.1. The fourth-order valence-corrected chi connectivity index (χ4v) is 3.93. The second-order valence-corrected chi connectivity index (χ2v) is 8.90. The van der Waals surface area contributed by atoms with Crippen LogP contribution in [0.2, 0.25) is 0 Å². The van der Waals surface area contributed by atoms with Gasteiger partial charge in [-0.05, 0) is 48.2 Å². The van der Waals surface area contributed by atoms with Crippen molar-refractivity contribution in [3.05, 3.63) is 58.7 Å². The lowest BCUT2D eigenvalue weighted by Gasteiger charge is -2.13. The summed E-state index contributed by atoms with van der Waals surface area (Å²) in [5.74, 6) is -0.708. The summed E-state index contributed by atoms with van der Waals surface area (Å²) in [6.45, 7) is 6.07. The van der Waals surface area contributed by atoms with Crippen LogP contribution >= 0.6 is 0 Å². The van der Waals surface area contributed by atoms with Crippen LogP contribution in [0.4, 0.5) is 11.4 Å². The number of carbonyl (C=O) groups is 2. The molecule has 0 saturated carbocycles. The summed E-state index contributed by atoms with van der Waals surface area (Å²) in [5, 5.41) is 6.98. The summed E-state index contributed by atoms with van der Waals surface area (Å²) in [6.07, 6.45) is 13.4. The number of hydrogen-bond donors (Lipinski definition) is 2. The second kappa shape index (κ2) is 16.4. The van der Waals surface area contributed by atoms with Gasteiger partial charge >= 0.3 is 11.9 Å². The molecule has 0 radical (unpaired) electrons. The smallest absolute Gasteiger partial charge is 0.337 e. The van der Waals surface area contributed by atoms with Crippen molar-refractivity contribution in [2.75, 3.05) is 37.9 Å². The zero-order valence-electron chi connectivity index (χ0n) is 22.3. The number of benzene rings is 2. The van der Waals surface area contributed by atoms with Crippen molar-refractivity contribution in [1.82, 2.24) is 0 Å². The Bertz CT molecular complexity index is 921. The van der Waals surface area contributed by atoms with E-state index in [9.17, 15) is 9.59 Å². The molecule has 0 heterocycles. The Morgan fingerprint density at radius 1 is 0.667 bits per heavy atom. The highest BCUT2D eigenvalue weighted by molar-refractivity contribution is 5.93. The molecule has 2 N–H and O–H groups in total. The van der Waals surface area contributed by atoms with Crippen molar-refractivity contribution in [2.45, 2.75) is 65.2 Å². The normalized spacial score (nSPS) is 10.9. The highest BCUT2D eigenvalue weighted by atomic mass is 16.5. The SMILES string of the molecule is CCCCCCNc1cc(C(=O)OC)ccc1C=Cc1ccc(C(=O)OC)cc1NCCCCCC. The van der Waals surface area contributed by atoms with Crippen molar-refractivity contribution in [3.63, 3.8) is 0 Å². The van der Waals surface area contributed by atoms with Crippen LogP contribution in [0.15, 0.2) is 36.4 Å². The minimum atomic E-state index is -0.354. The molecule has 2 aromatic carbocycles. The summed E-state index contributed by atoms with van der Waals surface area (Å²) in [6, 6.07) is 11.1. The van der Waals surface area contributed by atoms with E-state index in [1.165, 1.54) is 52.7 Å². The third-order valence-corrected chi connectivity index (χ3v) is 6.08. The Morgan fingerprint density at radius 3 is 1.44 bits per heavy atom. The van der Waals surface area contributed by atoms with Gasteiger partial charge in [0.15, 0.2) is 0 Å². The molecule has 6 nitrogen and oxygen atoms in total. The zero-order valence-corrected chi connectivity index (χ0v) is 22.3. The monoisotopic (exact) mass is 494 g/mol. The quantitative estimate of drug-likeness (QED) is 0.144. The molecule has 0 aliphatic heterocycles. The Labute approximate surface area is 216 Å². The number of rotatable bonds is 16. The van der Waals surface area contributed by atoms with Gasteiger partial charge in [-0.25, -0.2) is 9.59 Å². The molecular weight excluding hydrogens is 452 g/mol. The van der Waals surface area contributed by atoms with Gasteiger partial charge in [0.05, 0.1) is 25.3 Å². The number of carbonyl (C=O) groups excluding carboxylic acids is 2. The molecule has 0 bridgehead atoms. The summed E-state index contributed by atoms with van der Waals surface area (Å²) in [5.41, 5.74) is 4.77. The molecule has 0 atom stereocenters. The molecule has 0 aromatic heterocycles. The maximum atomic E-state index is 12.1. The average molecular weight is 495 g/mol. The fourth-order valence-electron chi connectivity index (χ4n) is 3.93. The third kappa shape index (κ3) is 9.40. The van der Waals surface area contributed by atoms with Gasteiger partial charge in [0, 0.05) is 24.5 Å². The van der Waals surface area contributed by atoms with Crippen LogP contribution in [0.3, 0.4) is 0 Å². The lowest BCUT2D eigenvalue weighted by molar-refractivity contribution is 0.0592. The largest absolute Gasteiger partial charge is 0.465 e. The molecule has 36 heavy (non-hydrogen) atoms. The molecule has 0 amide bonds. The van der Waals surface area contributed by atoms with Gasteiger partial charge in [0.25, 0.3) is 0 Å². The van der Waals surface area contributed by atoms with E-state index in [-0.39, 0.29) is 11.9 Å². The van der Waals surface area contributed by atoms with E-state index >= 15 is 0 Å². The molecule has 196 valence electrons. The number of anilines is 2. The van der Waals surface area contributed by atoms with Gasteiger partial charge in [0.2, 0.25) is 0 Å². The van der Waals surface area contributed by atoms with Gasteiger partial charge in [-0.2, -0.15) is 0 Å². The Morgan fingerprint density at radius 2 is 1.08 bits per heavy atom. The summed E-state index contributed by atoms with van der Waals surface area (Å²) in [4.78, 5) is 24.2. The molecule has 0 unspecified atom stereocenters. The number of nitrogens with one attached hydrogen (secondary N) is 2. The lowest BCUT2D eigenvalue weighted by Crippen LogP contribution is -2.07. The van der Waals surface area contributed by atoms with E-state index in [4.69, 9.17) is 9.47 Å². The van der Waals surface area contributed by atoms with Gasteiger partial charge in [0.1, 0.15) is 0 Å². The van der Waals surface area contributed by atoms with Crippen LogP contribution in [0.1, 0.15) is 97.1 Å². The van der Waals surface area contributed by atoms with Crippen molar-refractivity contribution in [2.24, 2.45) is 0 Å². The van der Waals surface area contributed by atoms with E-state index in [1.54, 1.807) is 12.1 Å². The van der Waals surface area contributed by atoms with Crippen molar-refractivity contribution in [3.8, 4) is 0 Å². The van der Waals surface area contributed by atoms with Gasteiger partial charge < -0.3 is 20.1 Å². The Kier molecular flexibility index (Phi) is 13.2. The van der Waals surface area contributed by atoms with Gasteiger partial charge in [-0.1, -0.05) is 76.7 Å². The summed E-state index contributed by atoms with van der Waals surface area (Å²) >= 11 is 0. The van der Waals surface area contributed by atoms with E-state index in [0.717, 1.165) is 48.4 Å². The first kappa shape index (κ1) is 29.0. The molecule has 0 aliphatic carbocycles. The minimum absolute atomic E-state index is 0.354. The number of ether oxygens (including phenoxy) is 2. The highest BCUT2D eigenvalue weighted by Gasteiger charge is 2.11. The molecule has 0 saturated heterocycles. The Hall–Kier alpha value is -3.28. The standard InChI is InChI=1S/C30H42N2O4/c1-5-7-9-11-19-31-27-21-25(29(33)35-3)17-15-23(27)13-14-24-16-18-26(30(34)36-4)22-28(24)32-20-12-10-8-6-2/h13-18,21-22,31-32H,5-12,19-20H2,1-4H3. The summed E-state index contributed by atoms with van der Waals surface area (Å²) in [7, 11) is 2.78. The predicted molar refractivity (Wildman–Crippen MR) is 150 cm³/mol. The minimum Gasteiger partial charge on any atom is -0.465 e. The fraction of sp³-hybridized carbons (Fsp3) is 0.467. The number of esters is 2. The first-order valence-electron chi connectivity index (χ1n) is 13.1. The molecule has 0 fully saturated rings. The van der Waals surface area contributed by atoms with E-state index in [0.29, 0.717) is 11.1 Å². The topological polar surface area (TPSA) is 76.7 Å². The van der Waals surface area contributed by atoms with Crippen LogP contribution < -0.4 is 10.6 Å². The number of hydrogen-bond acceptors (Lipinski definition) is 6. The van der Waals surface area contributed by atoms with E-state index < -0.39 is 0 Å². The average Bonchev–Trinajstić information content (AvgIpc) is 2.91. The molecule has 0 aliphatic rings. The van der Waals surface area contributed by atoms with E-state index in [1.807, 2.05) is 36.4 Å². The van der Waals surface area contributed by atoms with Crippen molar-refractivity contribution >= 4 is 35.5 Å². The number of unbranched alkanes of at least 4 members (excludes halogenated alkanes) is 6. The van der Waals surface area contributed by atoms with E-state index in [2.05, 4.69) is 24.5 Å². The van der Waals surface area contributed by atoms with Gasteiger partial charge in [-0.3, -0.25) is 0 Å². The second-order valence-electron chi connectivity index (χ2n) is 8.90. The molecule has 6 heteroatoms. The first-order chi connectivity index (χ1) is 17.5. The molecule has 0 spiro atoms. The van der Waals surface area contributed by atoms with Gasteiger partial charge in [-0.15, -0.1) is 0 Å². The first-order valence-corrected chi connectivity index (χ1v) is 13.1. The van der Waals surface area contributed by atoms with Crippen LogP contribution in [0.25, 0.3) is 12.2 Å². The van der Waals surface area contributed by atoms with Crippen molar-refractivity contribution < 1.29 is 19.1 Å². The summed E-state index contributed by atoms with van der Waals surface area (Å²) < 4.78 is 9.81.